The van der Waals surface area contributed by atoms with Gasteiger partial charge in [-0.1, -0.05) is 6.07 Å². The van der Waals surface area contributed by atoms with Crippen LogP contribution >= 0.6 is 0 Å². The number of imidazole rings is 1. The minimum Gasteiger partial charge on any atom is -0.508 e. The Bertz CT molecular complexity index is 523. The highest BCUT2D eigenvalue weighted by Crippen LogP contribution is 2.10. The number of aromatic hydroxyl groups is 1. The minimum atomic E-state index is -0.196. The van der Waals surface area contributed by atoms with Crippen molar-refractivity contribution in [3.05, 3.63) is 48.5 Å². The predicted octanol–water partition coefficient (Wildman–Crippen LogP) is 1.41. The molecule has 0 radical (unpaired) electrons. The van der Waals surface area contributed by atoms with Crippen LogP contribution in [0.4, 0.5) is 0 Å². The van der Waals surface area contributed by atoms with Crippen LogP contribution in [0.15, 0.2) is 43.0 Å². The van der Waals surface area contributed by atoms with Gasteiger partial charge in [-0.15, -0.1) is 0 Å². The molecule has 0 saturated heterocycles. The van der Waals surface area contributed by atoms with E-state index in [1.54, 1.807) is 24.7 Å². The zero-order chi connectivity index (χ0) is 13.0. The molecule has 2 N–H and O–H groups in total. The molecule has 1 amide bonds. The van der Waals surface area contributed by atoms with Crippen LogP contribution in [0, 0.1) is 0 Å². The number of benzene rings is 1. The lowest BCUT2D eigenvalue weighted by atomic mass is 10.2. The van der Waals surface area contributed by atoms with Crippen molar-refractivity contribution in [2.45, 2.75) is 19.5 Å². The Morgan fingerprint density at radius 2 is 2.39 bits per heavy atom. The summed E-state index contributed by atoms with van der Waals surface area (Å²) in [6, 6.07) is 6.27. The molecule has 18 heavy (non-hydrogen) atoms. The number of rotatable bonds is 4. The molecule has 1 unspecified atom stereocenters. The number of carbonyl (C=O) groups excluding carboxylic acids is 1. The maximum atomic E-state index is 11.9. The number of carbonyl (C=O) groups is 1. The second-order valence-electron chi connectivity index (χ2n) is 4.18. The third kappa shape index (κ3) is 3.10. The summed E-state index contributed by atoms with van der Waals surface area (Å²) >= 11 is 0. The Kier molecular flexibility index (Phi) is 3.62. The quantitative estimate of drug-likeness (QED) is 0.855. The third-order valence-corrected chi connectivity index (χ3v) is 2.53. The third-order valence-electron chi connectivity index (χ3n) is 2.53. The van der Waals surface area contributed by atoms with Crippen LogP contribution in [-0.4, -0.2) is 26.6 Å². The average molecular weight is 245 g/mol. The summed E-state index contributed by atoms with van der Waals surface area (Å²) in [5.74, 6) is -0.108. The molecule has 1 aromatic heterocycles. The second kappa shape index (κ2) is 5.35. The average Bonchev–Trinajstić information content (AvgIpc) is 2.81. The highest BCUT2D eigenvalue weighted by atomic mass is 16.3. The molecule has 0 saturated carbocycles. The standard InChI is InChI=1S/C13H15N3O2/c1-10(8-16-6-5-14-9-16)15-13(18)11-3-2-4-12(17)7-11/h2-7,9-10,17H,8H2,1H3,(H,15,18). The Morgan fingerprint density at radius 3 is 3.06 bits per heavy atom. The van der Waals surface area contributed by atoms with Crippen molar-refractivity contribution in [3.8, 4) is 5.75 Å². The Morgan fingerprint density at radius 1 is 1.56 bits per heavy atom. The van der Waals surface area contributed by atoms with E-state index >= 15 is 0 Å². The molecule has 1 atom stereocenters. The number of nitrogens with one attached hydrogen (secondary N) is 1. The van der Waals surface area contributed by atoms with Gasteiger partial charge in [0.05, 0.1) is 6.33 Å². The van der Waals surface area contributed by atoms with E-state index in [9.17, 15) is 9.90 Å². The largest absolute Gasteiger partial charge is 0.508 e. The van der Waals surface area contributed by atoms with Crippen molar-refractivity contribution in [1.82, 2.24) is 14.9 Å². The van der Waals surface area contributed by atoms with Crippen LogP contribution in [0.3, 0.4) is 0 Å². The fourth-order valence-electron chi connectivity index (χ4n) is 1.71. The molecule has 1 aromatic carbocycles. The van der Waals surface area contributed by atoms with Gasteiger partial charge in [0.1, 0.15) is 5.75 Å². The van der Waals surface area contributed by atoms with E-state index in [1.807, 2.05) is 17.7 Å². The van der Waals surface area contributed by atoms with Gasteiger partial charge in [0.15, 0.2) is 0 Å². The van der Waals surface area contributed by atoms with Crippen molar-refractivity contribution in [2.24, 2.45) is 0 Å². The van der Waals surface area contributed by atoms with E-state index in [2.05, 4.69) is 10.3 Å². The first-order valence-electron chi connectivity index (χ1n) is 5.71. The number of hydrogen-bond donors (Lipinski definition) is 2. The van der Waals surface area contributed by atoms with Crippen LogP contribution in [0.1, 0.15) is 17.3 Å². The summed E-state index contributed by atoms with van der Waals surface area (Å²) in [6.45, 7) is 2.57. The van der Waals surface area contributed by atoms with Gasteiger partial charge in [-0.3, -0.25) is 4.79 Å². The maximum Gasteiger partial charge on any atom is 0.251 e. The van der Waals surface area contributed by atoms with Gasteiger partial charge in [-0.05, 0) is 25.1 Å². The first kappa shape index (κ1) is 12.2. The molecule has 0 aliphatic carbocycles. The van der Waals surface area contributed by atoms with Crippen molar-refractivity contribution in [2.75, 3.05) is 0 Å². The summed E-state index contributed by atoms with van der Waals surface area (Å²) < 4.78 is 1.90. The van der Waals surface area contributed by atoms with Gasteiger partial charge >= 0.3 is 0 Å². The molecule has 1 heterocycles. The Hall–Kier alpha value is -2.30. The second-order valence-corrected chi connectivity index (χ2v) is 4.18. The van der Waals surface area contributed by atoms with E-state index in [-0.39, 0.29) is 17.7 Å². The molecule has 0 aliphatic heterocycles. The predicted molar refractivity (Wildman–Crippen MR) is 67.3 cm³/mol. The number of aromatic nitrogens is 2. The zero-order valence-corrected chi connectivity index (χ0v) is 10.1. The number of nitrogens with zero attached hydrogens (tertiary/aromatic N) is 2. The molecule has 0 spiro atoms. The number of amides is 1. The lowest BCUT2D eigenvalue weighted by Gasteiger charge is -2.14. The van der Waals surface area contributed by atoms with E-state index in [0.717, 1.165) is 0 Å². The fraction of sp³-hybridized carbons (Fsp3) is 0.231. The monoisotopic (exact) mass is 245 g/mol. The highest BCUT2D eigenvalue weighted by molar-refractivity contribution is 5.94. The van der Waals surface area contributed by atoms with E-state index < -0.39 is 0 Å². The smallest absolute Gasteiger partial charge is 0.251 e. The van der Waals surface area contributed by atoms with Gasteiger partial charge in [0.2, 0.25) is 0 Å². The molecule has 0 bridgehead atoms. The fourth-order valence-corrected chi connectivity index (χ4v) is 1.71. The molecule has 5 nitrogen and oxygen atoms in total. The topological polar surface area (TPSA) is 67.2 Å². The molecule has 5 heteroatoms. The van der Waals surface area contributed by atoms with Gasteiger partial charge in [0, 0.05) is 30.5 Å². The van der Waals surface area contributed by atoms with Crippen LogP contribution in [0.5, 0.6) is 5.75 Å². The first-order valence-corrected chi connectivity index (χ1v) is 5.71. The van der Waals surface area contributed by atoms with Crippen LogP contribution in [-0.2, 0) is 6.54 Å². The van der Waals surface area contributed by atoms with Crippen molar-refractivity contribution in [3.63, 3.8) is 0 Å². The Balaban J connectivity index is 1.95. The van der Waals surface area contributed by atoms with Gasteiger partial charge < -0.3 is 15.0 Å². The SMILES string of the molecule is CC(Cn1ccnc1)NC(=O)c1cccc(O)c1. The number of hydrogen-bond acceptors (Lipinski definition) is 3. The van der Waals surface area contributed by atoms with E-state index in [0.29, 0.717) is 12.1 Å². The van der Waals surface area contributed by atoms with Crippen LogP contribution in [0.25, 0.3) is 0 Å². The number of phenols is 1. The summed E-state index contributed by atoms with van der Waals surface area (Å²) in [7, 11) is 0. The molecule has 2 aromatic rings. The van der Waals surface area contributed by atoms with Crippen molar-refractivity contribution >= 4 is 5.91 Å². The minimum absolute atomic E-state index is 0.0194. The highest BCUT2D eigenvalue weighted by Gasteiger charge is 2.10. The molecule has 94 valence electrons. The lowest BCUT2D eigenvalue weighted by molar-refractivity contribution is 0.0936. The molecule has 0 fully saturated rings. The normalized spacial score (nSPS) is 12.1. The Labute approximate surface area is 105 Å². The summed E-state index contributed by atoms with van der Waals surface area (Å²) in [5, 5.41) is 12.2. The van der Waals surface area contributed by atoms with Gasteiger partial charge in [0.25, 0.3) is 5.91 Å². The molecule has 0 aliphatic rings. The van der Waals surface area contributed by atoms with Crippen molar-refractivity contribution in [1.29, 1.82) is 0 Å². The summed E-state index contributed by atoms with van der Waals surface area (Å²) in [4.78, 5) is 15.8. The van der Waals surface area contributed by atoms with E-state index in [4.69, 9.17) is 0 Å². The lowest BCUT2D eigenvalue weighted by Crippen LogP contribution is -2.35. The summed E-state index contributed by atoms with van der Waals surface area (Å²) in [5.41, 5.74) is 0.451. The maximum absolute atomic E-state index is 11.9. The van der Waals surface area contributed by atoms with E-state index in [1.165, 1.54) is 12.1 Å². The van der Waals surface area contributed by atoms with Gasteiger partial charge in [-0.2, -0.15) is 0 Å². The zero-order valence-electron chi connectivity index (χ0n) is 10.1. The molecular formula is C13H15N3O2. The van der Waals surface area contributed by atoms with Crippen LogP contribution in [0.2, 0.25) is 0 Å². The molecular weight excluding hydrogens is 230 g/mol. The molecule has 2 rings (SSSR count). The number of phenolic OH excluding ortho intramolecular Hbond substituents is 1. The van der Waals surface area contributed by atoms with Gasteiger partial charge in [-0.25, -0.2) is 4.98 Å². The summed E-state index contributed by atoms with van der Waals surface area (Å²) in [6.07, 6.45) is 5.25. The first-order chi connectivity index (χ1) is 8.65. The van der Waals surface area contributed by atoms with Crippen molar-refractivity contribution < 1.29 is 9.90 Å². The van der Waals surface area contributed by atoms with Crippen LogP contribution < -0.4 is 5.32 Å².